The maximum Gasteiger partial charge on any atom is 0.0558 e. The van der Waals surface area contributed by atoms with Crippen LogP contribution in [-0.2, 0) is 0 Å². The summed E-state index contributed by atoms with van der Waals surface area (Å²) < 4.78 is 0. The third kappa shape index (κ3) is 6.11. The van der Waals surface area contributed by atoms with Crippen molar-refractivity contribution >= 4 is 8.80 Å². The van der Waals surface area contributed by atoms with Crippen molar-refractivity contribution in [1.29, 1.82) is 0 Å². The molecule has 63 valence electrons. The van der Waals surface area contributed by atoms with Crippen LogP contribution in [0.4, 0.5) is 0 Å². The van der Waals surface area contributed by atoms with Crippen LogP contribution < -0.4 is 0 Å². The summed E-state index contributed by atoms with van der Waals surface area (Å²) in [7, 11) is -0.145. The van der Waals surface area contributed by atoms with E-state index in [-0.39, 0.29) is 8.80 Å². The van der Waals surface area contributed by atoms with Crippen molar-refractivity contribution in [3.63, 3.8) is 0 Å². The van der Waals surface area contributed by atoms with Gasteiger partial charge in [-0.05, 0) is 12.1 Å². The molecule has 11 heavy (non-hydrogen) atoms. The predicted octanol–water partition coefficient (Wildman–Crippen LogP) is 3.65. The zero-order valence-electron chi connectivity index (χ0n) is 7.60. The number of hydrogen-bond acceptors (Lipinski definition) is 0. The van der Waals surface area contributed by atoms with Crippen molar-refractivity contribution in [2.45, 2.75) is 37.9 Å². The lowest BCUT2D eigenvalue weighted by atomic mass is 10.4. The van der Waals surface area contributed by atoms with Crippen LogP contribution in [0.25, 0.3) is 0 Å². The molecule has 0 unspecified atom stereocenters. The first kappa shape index (κ1) is 10.7. The minimum absolute atomic E-state index is 0.145. The fourth-order valence-corrected chi connectivity index (χ4v) is 3.37. The Kier molecular flexibility index (Phi) is 7.59. The quantitative estimate of drug-likeness (QED) is 0.401. The van der Waals surface area contributed by atoms with Crippen LogP contribution in [0.5, 0.6) is 0 Å². The van der Waals surface area contributed by atoms with Gasteiger partial charge in [-0.2, -0.15) is 0 Å². The molecular weight excluding hydrogens is 148 g/mol. The Balaban J connectivity index is 3.49. The van der Waals surface area contributed by atoms with Crippen LogP contribution >= 0.6 is 0 Å². The number of rotatable bonds is 7. The lowest BCUT2D eigenvalue weighted by Crippen LogP contribution is -2.08. The van der Waals surface area contributed by atoms with Gasteiger partial charge in [0, 0.05) is 0 Å². The zero-order chi connectivity index (χ0) is 8.53. The first-order chi connectivity index (χ1) is 5.35. The normalized spacial score (nSPS) is 10.0. The second-order valence-electron chi connectivity index (χ2n) is 2.84. The van der Waals surface area contributed by atoms with Crippen molar-refractivity contribution in [3.05, 3.63) is 25.3 Å². The van der Waals surface area contributed by atoms with E-state index >= 15 is 0 Å². The molecule has 0 aromatic carbocycles. The molecule has 0 heterocycles. The van der Waals surface area contributed by atoms with Crippen LogP contribution in [0, 0.1) is 0 Å². The number of unbranched alkanes of at least 4 members (excludes halogenated alkanes) is 1. The number of hydrogen-bond donors (Lipinski definition) is 0. The Morgan fingerprint density at radius 3 is 2.09 bits per heavy atom. The Morgan fingerprint density at radius 2 is 1.73 bits per heavy atom. The van der Waals surface area contributed by atoms with Gasteiger partial charge in [0.05, 0.1) is 8.80 Å². The minimum atomic E-state index is -0.145. The molecule has 0 bridgehead atoms. The van der Waals surface area contributed by atoms with E-state index in [1.165, 1.54) is 31.0 Å². The summed E-state index contributed by atoms with van der Waals surface area (Å²) in [5.41, 5.74) is 0. The molecule has 0 saturated heterocycles. The smallest absolute Gasteiger partial charge is 0.0558 e. The van der Waals surface area contributed by atoms with E-state index in [1.807, 2.05) is 0 Å². The molecule has 0 saturated carbocycles. The molecule has 0 nitrogen and oxygen atoms in total. The maximum absolute atomic E-state index is 3.78. The molecule has 0 rings (SSSR count). The van der Waals surface area contributed by atoms with Crippen molar-refractivity contribution in [2.24, 2.45) is 0 Å². The summed E-state index contributed by atoms with van der Waals surface area (Å²) in [6.45, 7) is 9.82. The Bertz CT molecular complexity index is 97.4. The van der Waals surface area contributed by atoms with Gasteiger partial charge in [-0.3, -0.25) is 0 Å². The van der Waals surface area contributed by atoms with Gasteiger partial charge in [0.2, 0.25) is 0 Å². The van der Waals surface area contributed by atoms with Gasteiger partial charge in [-0.25, -0.2) is 0 Å². The Labute approximate surface area is 72.6 Å². The Morgan fingerprint density at radius 1 is 1.18 bits per heavy atom. The van der Waals surface area contributed by atoms with E-state index in [2.05, 4.69) is 32.2 Å². The average molecular weight is 167 g/mol. The van der Waals surface area contributed by atoms with E-state index in [0.29, 0.717) is 0 Å². The molecule has 0 fully saturated rings. The molecular formula is C10H19Si. The molecule has 1 radical (unpaired) electrons. The second-order valence-corrected chi connectivity index (χ2v) is 5.66. The summed E-state index contributed by atoms with van der Waals surface area (Å²) in [5, 5.41) is 0. The fourth-order valence-electron chi connectivity index (χ4n) is 1.12. The van der Waals surface area contributed by atoms with E-state index in [4.69, 9.17) is 0 Å². The van der Waals surface area contributed by atoms with Gasteiger partial charge in [-0.15, -0.1) is 13.2 Å². The summed E-state index contributed by atoms with van der Waals surface area (Å²) in [4.78, 5) is 0. The van der Waals surface area contributed by atoms with Gasteiger partial charge < -0.3 is 0 Å². The summed E-state index contributed by atoms with van der Waals surface area (Å²) in [6.07, 6.45) is 6.83. The largest absolute Gasteiger partial charge is 0.103 e. The van der Waals surface area contributed by atoms with Crippen molar-refractivity contribution in [3.8, 4) is 0 Å². The van der Waals surface area contributed by atoms with Crippen molar-refractivity contribution in [2.75, 3.05) is 0 Å². The first-order valence-electron chi connectivity index (χ1n) is 4.40. The predicted molar refractivity (Wildman–Crippen MR) is 55.5 cm³/mol. The molecule has 0 N–H and O–H groups in total. The maximum atomic E-state index is 3.78. The summed E-state index contributed by atoms with van der Waals surface area (Å²) in [5.74, 6) is 0. The third-order valence-electron chi connectivity index (χ3n) is 1.75. The highest BCUT2D eigenvalue weighted by atomic mass is 28.3. The second kappa shape index (κ2) is 7.80. The van der Waals surface area contributed by atoms with Crippen molar-refractivity contribution in [1.82, 2.24) is 0 Å². The molecule has 0 aliphatic rings. The van der Waals surface area contributed by atoms with Gasteiger partial charge in [0.25, 0.3) is 0 Å². The molecule has 0 aliphatic heterocycles. The van der Waals surface area contributed by atoms with Gasteiger partial charge >= 0.3 is 0 Å². The first-order valence-corrected chi connectivity index (χ1v) is 6.52. The highest BCUT2D eigenvalue weighted by Gasteiger charge is 2.05. The van der Waals surface area contributed by atoms with E-state index in [9.17, 15) is 0 Å². The van der Waals surface area contributed by atoms with Gasteiger partial charge in [0.1, 0.15) is 0 Å². The summed E-state index contributed by atoms with van der Waals surface area (Å²) >= 11 is 0. The highest BCUT2D eigenvalue weighted by Crippen LogP contribution is 2.10. The minimum Gasteiger partial charge on any atom is -0.103 e. The van der Waals surface area contributed by atoms with Crippen LogP contribution in [0.2, 0.25) is 18.1 Å². The topological polar surface area (TPSA) is 0 Å². The van der Waals surface area contributed by atoms with Crippen molar-refractivity contribution < 1.29 is 0 Å². The molecule has 0 atom stereocenters. The highest BCUT2D eigenvalue weighted by molar-refractivity contribution is 6.59. The molecule has 0 aromatic heterocycles. The zero-order valence-corrected chi connectivity index (χ0v) is 8.60. The summed E-state index contributed by atoms with van der Waals surface area (Å²) in [6, 6.07) is 3.92. The molecule has 0 aromatic rings. The van der Waals surface area contributed by atoms with E-state index in [0.717, 1.165) is 0 Å². The molecule has 0 spiro atoms. The molecule has 1 heteroatoms. The molecule has 0 aliphatic carbocycles. The van der Waals surface area contributed by atoms with Crippen LogP contribution in [0.1, 0.15) is 19.8 Å². The third-order valence-corrected chi connectivity index (χ3v) is 4.54. The lowest BCUT2D eigenvalue weighted by Gasteiger charge is -2.08. The van der Waals surface area contributed by atoms with Gasteiger partial charge in [-0.1, -0.05) is 38.0 Å². The monoisotopic (exact) mass is 167 g/mol. The number of allylic oxidation sites excluding steroid dienone is 2. The van der Waals surface area contributed by atoms with Crippen LogP contribution in [0.15, 0.2) is 25.3 Å². The molecule has 0 amide bonds. The SMILES string of the molecule is C=CC[Si](CC=C)CCCC. The van der Waals surface area contributed by atoms with Crippen LogP contribution in [0.3, 0.4) is 0 Å². The van der Waals surface area contributed by atoms with E-state index in [1.54, 1.807) is 0 Å². The fraction of sp³-hybridized carbons (Fsp3) is 0.600. The lowest BCUT2D eigenvalue weighted by molar-refractivity contribution is 0.871. The van der Waals surface area contributed by atoms with E-state index < -0.39 is 0 Å². The standard InChI is InChI=1S/C10H19Si/c1-4-7-10-11(8-5-2)9-6-3/h5-6H,2-4,7-10H2,1H3. The average Bonchev–Trinajstić information content (AvgIpc) is 2.01. The van der Waals surface area contributed by atoms with Crippen LogP contribution in [-0.4, -0.2) is 8.80 Å². The Hall–Kier alpha value is -0.303. The van der Waals surface area contributed by atoms with Gasteiger partial charge in [0.15, 0.2) is 0 Å².